The minimum absolute atomic E-state index is 0.878. The number of aromatic nitrogens is 2. The molecule has 5 heteroatoms. The Morgan fingerprint density at radius 1 is 0.452 bits per heavy atom. The molecule has 0 unspecified atom stereocenters. The third-order valence-electron chi connectivity index (χ3n) is 4.85. The van der Waals surface area contributed by atoms with E-state index in [-0.39, 0.29) is 0 Å². The van der Waals surface area contributed by atoms with Crippen molar-refractivity contribution in [3.05, 3.63) is 109 Å². The fraction of sp³-hybridized carbons (Fsp3) is 0. The molecular formula is C26H20N4S. The predicted molar refractivity (Wildman–Crippen MR) is 130 cm³/mol. The molecule has 4 nitrogen and oxygen atoms in total. The van der Waals surface area contributed by atoms with Crippen LogP contribution in [-0.4, -0.2) is 10.2 Å². The Morgan fingerprint density at radius 2 is 0.839 bits per heavy atom. The monoisotopic (exact) mass is 420 g/mol. The van der Waals surface area contributed by atoms with Crippen molar-refractivity contribution in [1.82, 2.24) is 10.2 Å². The third kappa shape index (κ3) is 4.32. The molecule has 2 N–H and O–H groups in total. The van der Waals surface area contributed by atoms with Crippen LogP contribution in [-0.2, 0) is 0 Å². The van der Waals surface area contributed by atoms with Gasteiger partial charge in [0.1, 0.15) is 10.0 Å². The zero-order valence-corrected chi connectivity index (χ0v) is 17.5. The van der Waals surface area contributed by atoms with Crippen LogP contribution >= 0.6 is 11.3 Å². The molecule has 0 atom stereocenters. The fourth-order valence-corrected chi connectivity index (χ4v) is 4.27. The van der Waals surface area contributed by atoms with E-state index in [9.17, 15) is 0 Å². The number of nitrogens with one attached hydrogen (secondary N) is 2. The first-order chi connectivity index (χ1) is 15.4. The summed E-state index contributed by atoms with van der Waals surface area (Å²) < 4.78 is 0. The van der Waals surface area contributed by atoms with Crippen LogP contribution in [0, 0.1) is 0 Å². The van der Waals surface area contributed by atoms with Crippen molar-refractivity contribution in [2.75, 3.05) is 10.6 Å². The lowest BCUT2D eigenvalue weighted by molar-refractivity contribution is 1.10. The van der Waals surface area contributed by atoms with E-state index in [1.54, 1.807) is 11.3 Å². The summed E-state index contributed by atoms with van der Waals surface area (Å²) in [6, 6.07) is 36.7. The van der Waals surface area contributed by atoms with Crippen molar-refractivity contribution < 1.29 is 0 Å². The second kappa shape index (κ2) is 8.81. The Kier molecular flexibility index (Phi) is 5.41. The van der Waals surface area contributed by atoms with Crippen molar-refractivity contribution in [2.24, 2.45) is 0 Å². The van der Waals surface area contributed by atoms with Gasteiger partial charge in [0.05, 0.1) is 0 Å². The van der Waals surface area contributed by atoms with Crippen LogP contribution in [0.5, 0.6) is 0 Å². The summed E-state index contributed by atoms with van der Waals surface area (Å²) >= 11 is 1.59. The molecule has 1 aromatic heterocycles. The fourth-order valence-electron chi connectivity index (χ4n) is 3.35. The summed E-state index contributed by atoms with van der Waals surface area (Å²) in [5.74, 6) is 0. The zero-order valence-electron chi connectivity index (χ0n) is 16.7. The van der Waals surface area contributed by atoms with Gasteiger partial charge in [-0.3, -0.25) is 0 Å². The van der Waals surface area contributed by atoms with Crippen LogP contribution in [0.2, 0.25) is 0 Å². The Hall–Kier alpha value is -3.96. The Labute approximate surface area is 185 Å². The van der Waals surface area contributed by atoms with Gasteiger partial charge in [-0.25, -0.2) is 0 Å². The van der Waals surface area contributed by atoms with E-state index in [1.165, 1.54) is 0 Å². The van der Waals surface area contributed by atoms with Crippen LogP contribution in [0.15, 0.2) is 109 Å². The number of benzene rings is 4. The van der Waals surface area contributed by atoms with Gasteiger partial charge in [-0.2, -0.15) is 0 Å². The molecule has 0 amide bonds. The summed E-state index contributed by atoms with van der Waals surface area (Å²) in [6.45, 7) is 0. The molecule has 0 aliphatic heterocycles. The molecule has 0 radical (unpaired) electrons. The van der Waals surface area contributed by atoms with Gasteiger partial charge >= 0.3 is 0 Å². The number of nitrogens with zero attached hydrogens (tertiary/aromatic N) is 2. The van der Waals surface area contributed by atoms with Gasteiger partial charge in [-0.05, 0) is 48.5 Å². The first-order valence-corrected chi connectivity index (χ1v) is 10.8. The summed E-state index contributed by atoms with van der Waals surface area (Å²) in [5.41, 5.74) is 6.15. The number of anilines is 4. The highest BCUT2D eigenvalue weighted by molar-refractivity contribution is 7.18. The summed E-state index contributed by atoms with van der Waals surface area (Å²) in [5, 5.41) is 17.8. The second-order valence-corrected chi connectivity index (χ2v) is 7.96. The molecule has 0 saturated heterocycles. The smallest absolute Gasteiger partial charge is 0.150 e. The minimum atomic E-state index is 0.878. The maximum atomic E-state index is 4.51. The number of hydrogen-bond acceptors (Lipinski definition) is 5. The van der Waals surface area contributed by atoms with Gasteiger partial charge < -0.3 is 10.6 Å². The highest BCUT2D eigenvalue weighted by Gasteiger charge is 2.14. The predicted octanol–water partition coefficient (Wildman–Crippen LogP) is 7.36. The SMILES string of the molecule is c1ccc(Nc2ccccc2-c2nnc(-c3ccccc3Nc3ccccc3)s2)cc1. The molecule has 0 bridgehead atoms. The van der Waals surface area contributed by atoms with E-state index in [1.807, 2.05) is 84.9 Å². The Bertz CT molecular complexity index is 1180. The Morgan fingerprint density at radius 3 is 1.29 bits per heavy atom. The number of para-hydroxylation sites is 4. The lowest BCUT2D eigenvalue weighted by Crippen LogP contribution is -1.92. The standard InChI is InChI=1S/C26H20N4S/c1-3-11-19(12-4-1)27-23-17-9-7-15-21(23)25-29-30-26(31-25)22-16-8-10-18-24(22)28-20-13-5-2-6-14-20/h1-18,27-28H. The largest absolute Gasteiger partial charge is 0.355 e. The lowest BCUT2D eigenvalue weighted by Gasteiger charge is -2.10. The van der Waals surface area contributed by atoms with Gasteiger partial charge in [-0.1, -0.05) is 72.0 Å². The maximum Gasteiger partial charge on any atom is 0.150 e. The van der Waals surface area contributed by atoms with E-state index >= 15 is 0 Å². The molecule has 0 aliphatic rings. The van der Waals surface area contributed by atoms with Crippen LogP contribution < -0.4 is 10.6 Å². The highest BCUT2D eigenvalue weighted by atomic mass is 32.1. The topological polar surface area (TPSA) is 49.8 Å². The quantitative estimate of drug-likeness (QED) is 0.301. The van der Waals surface area contributed by atoms with Crippen molar-refractivity contribution in [1.29, 1.82) is 0 Å². The van der Waals surface area contributed by atoms with Crippen molar-refractivity contribution in [3.63, 3.8) is 0 Å². The molecule has 0 fully saturated rings. The first kappa shape index (κ1) is 19.0. The molecule has 1 heterocycles. The van der Waals surface area contributed by atoms with Gasteiger partial charge in [0.15, 0.2) is 0 Å². The molecule has 0 spiro atoms. The number of hydrogen-bond donors (Lipinski definition) is 2. The van der Waals surface area contributed by atoms with E-state index < -0.39 is 0 Å². The van der Waals surface area contributed by atoms with Crippen LogP contribution in [0.4, 0.5) is 22.7 Å². The normalized spacial score (nSPS) is 10.6. The van der Waals surface area contributed by atoms with Crippen molar-refractivity contribution in [3.8, 4) is 21.1 Å². The van der Waals surface area contributed by atoms with Gasteiger partial charge in [-0.15, -0.1) is 10.2 Å². The summed E-state index contributed by atoms with van der Waals surface area (Å²) in [7, 11) is 0. The molecule has 0 aliphatic carbocycles. The highest BCUT2D eigenvalue weighted by Crippen LogP contribution is 2.38. The third-order valence-corrected chi connectivity index (χ3v) is 5.84. The minimum Gasteiger partial charge on any atom is -0.355 e. The average molecular weight is 421 g/mol. The molecule has 31 heavy (non-hydrogen) atoms. The molecule has 150 valence electrons. The summed E-state index contributed by atoms with van der Waals surface area (Å²) in [4.78, 5) is 0. The summed E-state index contributed by atoms with van der Waals surface area (Å²) in [6.07, 6.45) is 0. The van der Waals surface area contributed by atoms with Crippen molar-refractivity contribution in [2.45, 2.75) is 0 Å². The van der Waals surface area contributed by atoms with Crippen LogP contribution in [0.1, 0.15) is 0 Å². The van der Waals surface area contributed by atoms with Gasteiger partial charge in [0.2, 0.25) is 0 Å². The maximum absolute atomic E-state index is 4.51. The van der Waals surface area contributed by atoms with Crippen LogP contribution in [0.3, 0.4) is 0 Å². The molecule has 4 aromatic carbocycles. The van der Waals surface area contributed by atoms with Crippen molar-refractivity contribution >= 4 is 34.1 Å². The van der Waals surface area contributed by atoms with E-state index in [2.05, 4.69) is 45.1 Å². The Balaban J connectivity index is 1.47. The molecule has 5 aromatic rings. The van der Waals surface area contributed by atoms with E-state index in [0.29, 0.717) is 0 Å². The lowest BCUT2D eigenvalue weighted by atomic mass is 10.2. The van der Waals surface area contributed by atoms with Crippen LogP contribution in [0.25, 0.3) is 21.1 Å². The zero-order chi connectivity index (χ0) is 20.9. The molecule has 0 saturated carbocycles. The van der Waals surface area contributed by atoms with E-state index in [4.69, 9.17) is 0 Å². The van der Waals surface area contributed by atoms with E-state index in [0.717, 1.165) is 43.9 Å². The first-order valence-electron chi connectivity index (χ1n) is 10.0. The van der Waals surface area contributed by atoms with Gasteiger partial charge in [0, 0.05) is 33.9 Å². The molecule has 5 rings (SSSR count). The second-order valence-electron chi connectivity index (χ2n) is 6.99. The number of rotatable bonds is 6. The molecular weight excluding hydrogens is 400 g/mol. The van der Waals surface area contributed by atoms with Gasteiger partial charge in [0.25, 0.3) is 0 Å². The average Bonchev–Trinajstić information content (AvgIpc) is 3.31.